The molecule has 0 spiro atoms. The molecular formula is C34H32N2O8S. The highest BCUT2D eigenvalue weighted by Gasteiger charge is 2.48. The summed E-state index contributed by atoms with van der Waals surface area (Å²) >= 11 is 0.925. The number of rotatable bonds is 11. The molecule has 3 aromatic carbocycles. The van der Waals surface area contributed by atoms with E-state index in [-0.39, 0.29) is 21.3 Å². The van der Waals surface area contributed by atoms with E-state index in [0.29, 0.717) is 53.9 Å². The highest BCUT2D eigenvalue weighted by Crippen LogP contribution is 2.45. The number of ketones is 1. The molecule has 45 heavy (non-hydrogen) atoms. The first-order valence-electron chi connectivity index (χ1n) is 14.3. The predicted molar refractivity (Wildman–Crippen MR) is 169 cm³/mol. The summed E-state index contributed by atoms with van der Waals surface area (Å²) in [5.74, 6) is -1.34. The van der Waals surface area contributed by atoms with Crippen molar-refractivity contribution >= 4 is 39.9 Å². The molecule has 4 aromatic rings. The number of aliphatic hydroxyl groups is 1. The maximum absolute atomic E-state index is 13.7. The lowest BCUT2D eigenvalue weighted by molar-refractivity contribution is -0.132. The molecule has 5 rings (SSSR count). The Morgan fingerprint density at radius 3 is 2.31 bits per heavy atom. The fraction of sp³-hybridized carbons (Fsp3) is 0.235. The van der Waals surface area contributed by atoms with E-state index in [1.54, 1.807) is 49.4 Å². The number of ether oxygens (including phenoxy) is 4. The molecule has 1 aromatic heterocycles. The zero-order chi connectivity index (χ0) is 32.1. The number of carbonyl (C=O) groups excluding carboxylic acids is 3. The third-order valence-corrected chi connectivity index (χ3v) is 8.20. The third kappa shape index (κ3) is 6.39. The smallest absolute Gasteiger partial charge is 0.350 e. The first-order valence-corrected chi connectivity index (χ1v) is 15.1. The molecule has 2 heterocycles. The number of carbonyl (C=O) groups is 3. The maximum Gasteiger partial charge on any atom is 0.350 e. The zero-order valence-electron chi connectivity index (χ0n) is 25.2. The molecule has 1 fully saturated rings. The van der Waals surface area contributed by atoms with Gasteiger partial charge in [0.05, 0.1) is 37.6 Å². The number of aryl methyl sites for hydroxylation is 1. The van der Waals surface area contributed by atoms with Gasteiger partial charge in [-0.15, -0.1) is 0 Å². The number of esters is 1. The average Bonchev–Trinajstić information content (AvgIpc) is 3.56. The zero-order valence-corrected chi connectivity index (χ0v) is 26.1. The van der Waals surface area contributed by atoms with Crippen LogP contribution in [0.3, 0.4) is 0 Å². The highest BCUT2D eigenvalue weighted by atomic mass is 32.1. The van der Waals surface area contributed by atoms with Gasteiger partial charge in [0.1, 0.15) is 23.0 Å². The summed E-state index contributed by atoms with van der Waals surface area (Å²) in [7, 11) is 1.25. The van der Waals surface area contributed by atoms with E-state index in [1.165, 1.54) is 12.0 Å². The van der Waals surface area contributed by atoms with E-state index in [0.717, 1.165) is 16.9 Å². The monoisotopic (exact) mass is 628 g/mol. The molecule has 10 nitrogen and oxygen atoms in total. The summed E-state index contributed by atoms with van der Waals surface area (Å²) in [6.07, 6.45) is 0. The molecule has 1 atom stereocenters. The Labute approximate surface area is 264 Å². The minimum Gasteiger partial charge on any atom is -0.507 e. The number of Topliss-reactive ketones (excluding diaryl/α,β-unsaturated/α-hetero) is 1. The Morgan fingerprint density at radius 2 is 1.64 bits per heavy atom. The minimum atomic E-state index is -1.10. The van der Waals surface area contributed by atoms with Gasteiger partial charge in [-0.05, 0) is 68.3 Å². The number of amides is 1. The maximum atomic E-state index is 13.7. The summed E-state index contributed by atoms with van der Waals surface area (Å²) in [6, 6.07) is 20.2. The van der Waals surface area contributed by atoms with Gasteiger partial charge >= 0.3 is 11.9 Å². The molecule has 0 aliphatic carbocycles. The summed E-state index contributed by atoms with van der Waals surface area (Å²) in [6.45, 7) is 6.39. The summed E-state index contributed by atoms with van der Waals surface area (Å²) in [4.78, 5) is 45.6. The van der Waals surface area contributed by atoms with Gasteiger partial charge in [-0.1, -0.05) is 47.7 Å². The normalized spacial score (nSPS) is 15.6. The van der Waals surface area contributed by atoms with Crippen LogP contribution in [0.4, 0.5) is 5.13 Å². The van der Waals surface area contributed by atoms with E-state index >= 15 is 0 Å². The van der Waals surface area contributed by atoms with Gasteiger partial charge < -0.3 is 24.1 Å². The van der Waals surface area contributed by atoms with Crippen molar-refractivity contribution in [2.45, 2.75) is 33.4 Å². The van der Waals surface area contributed by atoms with Gasteiger partial charge in [0.2, 0.25) is 0 Å². The molecule has 0 saturated carbocycles. The number of aliphatic hydroxyl groups excluding tert-OH is 1. The Bertz CT molecular complexity index is 1750. The van der Waals surface area contributed by atoms with Crippen LogP contribution in [0.1, 0.15) is 51.9 Å². The van der Waals surface area contributed by atoms with Crippen molar-refractivity contribution in [3.05, 3.63) is 106 Å². The molecule has 232 valence electrons. The van der Waals surface area contributed by atoms with E-state index in [4.69, 9.17) is 18.9 Å². The van der Waals surface area contributed by atoms with Crippen LogP contribution in [0.2, 0.25) is 0 Å². The molecule has 0 radical (unpaired) electrons. The van der Waals surface area contributed by atoms with Gasteiger partial charge in [0.25, 0.3) is 5.78 Å². The van der Waals surface area contributed by atoms with E-state index in [9.17, 15) is 19.5 Å². The number of anilines is 1. The Kier molecular flexibility index (Phi) is 9.48. The molecule has 0 bridgehead atoms. The van der Waals surface area contributed by atoms with Crippen molar-refractivity contribution in [1.82, 2.24) is 4.98 Å². The molecule has 1 unspecified atom stereocenters. The van der Waals surface area contributed by atoms with Crippen molar-refractivity contribution in [3.8, 4) is 17.2 Å². The molecular weight excluding hydrogens is 596 g/mol. The molecule has 1 aliphatic rings. The number of nitrogens with zero attached hydrogens (tertiary/aromatic N) is 2. The fourth-order valence-corrected chi connectivity index (χ4v) is 5.97. The predicted octanol–water partition coefficient (Wildman–Crippen LogP) is 6.24. The lowest BCUT2D eigenvalue weighted by atomic mass is 9.95. The lowest BCUT2D eigenvalue weighted by Crippen LogP contribution is -2.29. The van der Waals surface area contributed by atoms with Crippen molar-refractivity contribution < 1.29 is 38.4 Å². The number of methoxy groups -OCH3 is 1. The number of aromatic nitrogens is 1. The number of thiazole rings is 1. The second-order valence-corrected chi connectivity index (χ2v) is 10.9. The van der Waals surface area contributed by atoms with Crippen molar-refractivity contribution in [3.63, 3.8) is 0 Å². The second-order valence-electron chi connectivity index (χ2n) is 9.94. The lowest BCUT2D eigenvalue weighted by Gasteiger charge is -2.24. The summed E-state index contributed by atoms with van der Waals surface area (Å²) in [5.41, 5.74) is 1.95. The Hall–Kier alpha value is -5.16. The first kappa shape index (κ1) is 31.3. The standard InChI is InChI=1S/C34H32N2O8S/c1-5-42-24-15-12-22(13-16-24)29(37)27-28(36(32(39)30(27)38)34-35-20(3)31(45-34)33(40)41-4)23-14-17-25(26(18-23)43-6-2)44-19-21-10-8-7-9-11-21/h7-18,28,37H,5-6,19H2,1-4H3. The van der Waals surface area contributed by atoms with Crippen LogP contribution < -0.4 is 19.1 Å². The number of benzene rings is 3. The largest absolute Gasteiger partial charge is 0.507 e. The van der Waals surface area contributed by atoms with E-state index < -0.39 is 23.7 Å². The molecule has 1 aliphatic heterocycles. The summed E-state index contributed by atoms with van der Waals surface area (Å²) in [5, 5.41) is 11.6. The first-order chi connectivity index (χ1) is 21.8. The Balaban J connectivity index is 1.64. The number of hydrogen-bond acceptors (Lipinski definition) is 10. The quantitative estimate of drug-likeness (QED) is 0.0889. The van der Waals surface area contributed by atoms with Crippen LogP contribution in [0, 0.1) is 6.92 Å². The van der Waals surface area contributed by atoms with Gasteiger partial charge in [-0.2, -0.15) is 0 Å². The van der Waals surface area contributed by atoms with Crippen molar-refractivity contribution in [1.29, 1.82) is 0 Å². The minimum absolute atomic E-state index is 0.105. The molecule has 1 saturated heterocycles. The Morgan fingerprint density at radius 1 is 0.933 bits per heavy atom. The van der Waals surface area contributed by atoms with Crippen LogP contribution in [0.25, 0.3) is 5.76 Å². The molecule has 11 heteroatoms. The van der Waals surface area contributed by atoms with Gasteiger partial charge in [0, 0.05) is 5.56 Å². The average molecular weight is 629 g/mol. The fourth-order valence-electron chi connectivity index (χ4n) is 4.96. The van der Waals surface area contributed by atoms with Gasteiger partial charge in [0.15, 0.2) is 16.6 Å². The highest BCUT2D eigenvalue weighted by molar-refractivity contribution is 7.17. The van der Waals surface area contributed by atoms with Crippen LogP contribution in [-0.2, 0) is 20.9 Å². The van der Waals surface area contributed by atoms with E-state index in [1.807, 2.05) is 44.2 Å². The SMILES string of the molecule is CCOc1ccc(C(O)=C2C(=O)C(=O)N(c3nc(C)c(C(=O)OC)s3)C2c2ccc(OCc3ccccc3)c(OCC)c2)cc1. The van der Waals surface area contributed by atoms with Crippen LogP contribution >= 0.6 is 11.3 Å². The molecule has 1 N–H and O–H groups in total. The van der Waals surface area contributed by atoms with Crippen LogP contribution in [0.5, 0.6) is 17.2 Å². The van der Waals surface area contributed by atoms with E-state index in [2.05, 4.69) is 4.98 Å². The van der Waals surface area contributed by atoms with Crippen LogP contribution in [-0.4, -0.2) is 48.1 Å². The number of hydrogen-bond donors (Lipinski definition) is 1. The topological polar surface area (TPSA) is 124 Å². The van der Waals surface area contributed by atoms with Gasteiger partial charge in [-0.3, -0.25) is 14.5 Å². The third-order valence-electron chi connectivity index (χ3n) is 7.07. The van der Waals surface area contributed by atoms with Crippen LogP contribution in [0.15, 0.2) is 78.4 Å². The second kappa shape index (κ2) is 13.6. The molecule has 1 amide bonds. The summed E-state index contributed by atoms with van der Waals surface area (Å²) < 4.78 is 22.4. The van der Waals surface area contributed by atoms with Crippen molar-refractivity contribution in [2.24, 2.45) is 0 Å². The van der Waals surface area contributed by atoms with Crippen molar-refractivity contribution in [2.75, 3.05) is 25.2 Å². The van der Waals surface area contributed by atoms with Gasteiger partial charge in [-0.25, -0.2) is 9.78 Å².